The van der Waals surface area contributed by atoms with Gasteiger partial charge in [-0.25, -0.2) is 13.6 Å². The largest absolute Gasteiger partial charge is 0.465 e. The van der Waals surface area contributed by atoms with E-state index < -0.39 is 17.6 Å². The first-order valence-corrected chi connectivity index (χ1v) is 6.96. The van der Waals surface area contributed by atoms with Crippen molar-refractivity contribution in [3.63, 3.8) is 0 Å². The smallest absolute Gasteiger partial charge is 0.340 e. The zero-order valence-corrected chi connectivity index (χ0v) is 12.5. The molecule has 0 radical (unpaired) electrons. The summed E-state index contributed by atoms with van der Waals surface area (Å²) in [4.78, 5) is 13.7. The highest BCUT2D eigenvalue weighted by Crippen LogP contribution is 2.24. The first-order chi connectivity index (χ1) is 9.92. The summed E-state index contributed by atoms with van der Waals surface area (Å²) in [6.07, 6.45) is 1.73. The third-order valence-corrected chi connectivity index (χ3v) is 4.03. The molecule has 1 aromatic carbocycles. The fourth-order valence-electron chi connectivity index (χ4n) is 2.57. The number of ether oxygens (including phenoxy) is 1. The van der Waals surface area contributed by atoms with Crippen LogP contribution in [-0.2, 0) is 4.74 Å². The van der Waals surface area contributed by atoms with Gasteiger partial charge in [-0.05, 0) is 32.9 Å². The average Bonchev–Trinajstić information content (AvgIpc) is 2.45. The van der Waals surface area contributed by atoms with Gasteiger partial charge in [0.15, 0.2) is 0 Å². The maximum Gasteiger partial charge on any atom is 0.340 e. The Labute approximate surface area is 123 Å². The molecule has 4 nitrogen and oxygen atoms in total. The number of carbonyl (C=O) groups is 1. The molecule has 0 amide bonds. The fraction of sp³-hybridized carbons (Fsp3) is 0.533. The molecule has 21 heavy (non-hydrogen) atoms. The summed E-state index contributed by atoms with van der Waals surface area (Å²) in [6, 6.07) is 2.38. The molecule has 116 valence electrons. The molecule has 0 saturated carbocycles. The molecule has 2 atom stereocenters. The van der Waals surface area contributed by atoms with E-state index in [1.165, 1.54) is 6.07 Å². The van der Waals surface area contributed by atoms with Crippen molar-refractivity contribution in [1.82, 2.24) is 4.90 Å². The van der Waals surface area contributed by atoms with Crippen molar-refractivity contribution in [1.29, 1.82) is 0 Å². The van der Waals surface area contributed by atoms with Gasteiger partial charge in [0.2, 0.25) is 0 Å². The first-order valence-electron chi connectivity index (χ1n) is 6.96. The van der Waals surface area contributed by atoms with Crippen molar-refractivity contribution < 1.29 is 18.3 Å². The quantitative estimate of drug-likeness (QED) is 0.871. The topological polar surface area (TPSA) is 41.6 Å². The lowest BCUT2D eigenvalue weighted by Gasteiger charge is -2.35. The molecule has 2 rings (SSSR count). The molecule has 1 saturated heterocycles. The number of benzene rings is 1. The SMILES string of the molecule is COC(=O)c1cc(NC2CCN(C)C(C)C2)c(F)cc1F. The van der Waals surface area contributed by atoms with Gasteiger partial charge in [0.05, 0.1) is 18.4 Å². The van der Waals surface area contributed by atoms with Gasteiger partial charge in [-0.3, -0.25) is 0 Å². The molecule has 0 aliphatic carbocycles. The third-order valence-electron chi connectivity index (χ3n) is 4.03. The van der Waals surface area contributed by atoms with E-state index in [1.807, 2.05) is 0 Å². The molecule has 1 heterocycles. The molecular formula is C15H20F2N2O2. The van der Waals surface area contributed by atoms with E-state index in [4.69, 9.17) is 0 Å². The molecule has 1 N–H and O–H groups in total. The summed E-state index contributed by atoms with van der Waals surface area (Å²) in [5.41, 5.74) is -0.124. The Kier molecular flexibility index (Phi) is 4.77. The molecule has 1 aliphatic rings. The van der Waals surface area contributed by atoms with Crippen LogP contribution in [-0.4, -0.2) is 43.7 Å². The van der Waals surface area contributed by atoms with Crippen LogP contribution in [0.3, 0.4) is 0 Å². The molecule has 0 bridgehead atoms. The highest BCUT2D eigenvalue weighted by Gasteiger charge is 2.24. The Balaban J connectivity index is 2.18. The van der Waals surface area contributed by atoms with Crippen LogP contribution < -0.4 is 5.32 Å². The van der Waals surface area contributed by atoms with Crippen molar-refractivity contribution in [2.45, 2.75) is 31.8 Å². The zero-order valence-electron chi connectivity index (χ0n) is 12.5. The number of nitrogens with zero attached hydrogens (tertiary/aromatic N) is 1. The molecule has 1 aliphatic heterocycles. The predicted octanol–water partition coefficient (Wildman–Crippen LogP) is 2.65. The summed E-state index contributed by atoms with van der Waals surface area (Å²) < 4.78 is 31.9. The Hall–Kier alpha value is -1.69. The van der Waals surface area contributed by atoms with Crippen LogP contribution >= 0.6 is 0 Å². The normalized spacial score (nSPS) is 22.9. The number of hydrogen-bond donors (Lipinski definition) is 1. The van der Waals surface area contributed by atoms with E-state index in [9.17, 15) is 13.6 Å². The number of methoxy groups -OCH3 is 1. The number of rotatable bonds is 3. The van der Waals surface area contributed by atoms with Crippen LogP contribution in [0.2, 0.25) is 0 Å². The maximum absolute atomic E-state index is 13.9. The Morgan fingerprint density at radius 1 is 1.38 bits per heavy atom. The number of anilines is 1. The molecule has 0 spiro atoms. The van der Waals surface area contributed by atoms with E-state index in [-0.39, 0.29) is 17.3 Å². The standard InChI is InChI=1S/C15H20F2N2O2/c1-9-6-10(4-5-19(9)2)18-14-7-11(15(20)21-3)12(16)8-13(14)17/h7-10,18H,4-6H2,1-3H3. The maximum atomic E-state index is 13.9. The number of carbonyl (C=O) groups excluding carboxylic acids is 1. The van der Waals surface area contributed by atoms with Gasteiger partial charge in [0, 0.05) is 24.7 Å². The van der Waals surface area contributed by atoms with E-state index in [1.54, 1.807) is 0 Å². The van der Waals surface area contributed by atoms with Crippen LogP contribution in [0.1, 0.15) is 30.1 Å². The number of halogens is 2. The minimum absolute atomic E-state index is 0.0988. The van der Waals surface area contributed by atoms with Gasteiger partial charge < -0.3 is 15.0 Å². The number of esters is 1. The van der Waals surface area contributed by atoms with E-state index >= 15 is 0 Å². The van der Waals surface area contributed by atoms with Crippen LogP contribution in [0.5, 0.6) is 0 Å². The van der Waals surface area contributed by atoms with Gasteiger partial charge in [-0.2, -0.15) is 0 Å². The third kappa shape index (κ3) is 3.50. The molecule has 1 aromatic rings. The Morgan fingerprint density at radius 3 is 2.71 bits per heavy atom. The molecular weight excluding hydrogens is 278 g/mol. The van der Waals surface area contributed by atoms with Gasteiger partial charge in [-0.1, -0.05) is 0 Å². The summed E-state index contributed by atoms with van der Waals surface area (Å²) in [5.74, 6) is -2.43. The highest BCUT2D eigenvalue weighted by molar-refractivity contribution is 5.90. The van der Waals surface area contributed by atoms with Gasteiger partial charge >= 0.3 is 5.97 Å². The second-order valence-corrected chi connectivity index (χ2v) is 5.50. The van der Waals surface area contributed by atoms with Crippen molar-refractivity contribution in [3.8, 4) is 0 Å². The second kappa shape index (κ2) is 6.39. The van der Waals surface area contributed by atoms with Crippen molar-refractivity contribution >= 4 is 11.7 Å². The number of hydrogen-bond acceptors (Lipinski definition) is 4. The van der Waals surface area contributed by atoms with Crippen LogP contribution in [0.15, 0.2) is 12.1 Å². The minimum atomic E-state index is -0.915. The monoisotopic (exact) mass is 298 g/mol. The van der Waals surface area contributed by atoms with Crippen molar-refractivity contribution in [2.75, 3.05) is 26.0 Å². The van der Waals surface area contributed by atoms with E-state index in [2.05, 4.69) is 28.9 Å². The minimum Gasteiger partial charge on any atom is -0.465 e. The van der Waals surface area contributed by atoms with E-state index in [0.717, 1.165) is 26.5 Å². The summed E-state index contributed by atoms with van der Waals surface area (Å²) in [6.45, 7) is 3.01. The van der Waals surface area contributed by atoms with E-state index in [0.29, 0.717) is 12.1 Å². The lowest BCUT2D eigenvalue weighted by atomic mass is 9.98. The van der Waals surface area contributed by atoms with Crippen LogP contribution in [0, 0.1) is 11.6 Å². The van der Waals surface area contributed by atoms with Gasteiger partial charge in [-0.15, -0.1) is 0 Å². The van der Waals surface area contributed by atoms with Crippen LogP contribution in [0.4, 0.5) is 14.5 Å². The number of piperidine rings is 1. The van der Waals surface area contributed by atoms with Gasteiger partial charge in [0.1, 0.15) is 11.6 Å². The number of likely N-dealkylation sites (tertiary alicyclic amines) is 1. The summed E-state index contributed by atoms with van der Waals surface area (Å²) in [7, 11) is 3.21. The Bertz CT molecular complexity index is 537. The van der Waals surface area contributed by atoms with Crippen LogP contribution in [0.25, 0.3) is 0 Å². The van der Waals surface area contributed by atoms with Crippen molar-refractivity contribution in [3.05, 3.63) is 29.3 Å². The zero-order chi connectivity index (χ0) is 15.6. The second-order valence-electron chi connectivity index (χ2n) is 5.50. The molecule has 6 heteroatoms. The summed E-state index contributed by atoms with van der Waals surface area (Å²) >= 11 is 0. The molecule has 2 unspecified atom stereocenters. The summed E-state index contributed by atoms with van der Waals surface area (Å²) in [5, 5.41) is 3.07. The average molecular weight is 298 g/mol. The van der Waals surface area contributed by atoms with Gasteiger partial charge in [0.25, 0.3) is 0 Å². The fourth-order valence-corrected chi connectivity index (χ4v) is 2.57. The predicted molar refractivity (Wildman–Crippen MR) is 76.4 cm³/mol. The Morgan fingerprint density at radius 2 is 2.10 bits per heavy atom. The number of nitrogens with one attached hydrogen (secondary N) is 1. The van der Waals surface area contributed by atoms with Crippen molar-refractivity contribution in [2.24, 2.45) is 0 Å². The lowest BCUT2D eigenvalue weighted by Crippen LogP contribution is -2.42. The molecule has 1 fully saturated rings. The highest BCUT2D eigenvalue weighted by atomic mass is 19.1. The first kappa shape index (κ1) is 15.7. The molecule has 0 aromatic heterocycles. The lowest BCUT2D eigenvalue weighted by molar-refractivity contribution is 0.0595.